The van der Waals surface area contributed by atoms with Gasteiger partial charge in [0, 0.05) is 0 Å². The Balaban J connectivity index is 3.11. The van der Waals surface area contributed by atoms with Crippen molar-refractivity contribution in [3.8, 4) is 0 Å². The zero-order valence-electron chi connectivity index (χ0n) is 19.4. The van der Waals surface area contributed by atoms with E-state index in [1.165, 1.54) is 116 Å². The first-order chi connectivity index (χ1) is 14.2. The highest BCUT2D eigenvalue weighted by molar-refractivity contribution is 5.71. The molecule has 0 aliphatic rings. The quantitative estimate of drug-likeness (QED) is 0.132. The molecule has 2 N–H and O–H groups in total. The lowest BCUT2D eigenvalue weighted by molar-refractivity contribution is -0.146. The summed E-state index contributed by atoms with van der Waals surface area (Å²) in [6.07, 6.45) is 30.0. The fraction of sp³-hybridized carbons (Fsp3) is 0.885. The Morgan fingerprint density at radius 1 is 0.621 bits per heavy atom. The van der Waals surface area contributed by atoms with E-state index in [0.29, 0.717) is 6.42 Å². The van der Waals surface area contributed by atoms with Crippen molar-refractivity contribution in [2.75, 3.05) is 0 Å². The molecule has 172 valence electrons. The molecule has 3 nitrogen and oxygen atoms in total. The molecule has 1 atom stereocenters. The fourth-order valence-corrected chi connectivity index (χ4v) is 3.77. The molecule has 0 aliphatic carbocycles. The summed E-state index contributed by atoms with van der Waals surface area (Å²) in [7, 11) is 0. The summed E-state index contributed by atoms with van der Waals surface area (Å²) in [5.74, 6) is -1.09. The van der Waals surface area contributed by atoms with Gasteiger partial charge in [-0.15, -0.1) is 0 Å². The van der Waals surface area contributed by atoms with Gasteiger partial charge >= 0.3 is 5.97 Å². The van der Waals surface area contributed by atoms with Crippen LogP contribution in [-0.4, -0.2) is 22.3 Å². The molecule has 3 heteroatoms. The summed E-state index contributed by atoms with van der Waals surface area (Å²) in [6.45, 7) is 2.27. The minimum atomic E-state index is -1.17. The van der Waals surface area contributed by atoms with Crippen molar-refractivity contribution in [1.29, 1.82) is 0 Å². The minimum absolute atomic E-state index is 0.393. The Labute approximate surface area is 181 Å². The largest absolute Gasteiger partial charge is 0.479 e. The molecule has 0 aromatic rings. The van der Waals surface area contributed by atoms with Gasteiger partial charge in [0.2, 0.25) is 0 Å². The van der Waals surface area contributed by atoms with Gasteiger partial charge in [-0.2, -0.15) is 0 Å². The Morgan fingerprint density at radius 2 is 0.966 bits per heavy atom. The first-order valence-electron chi connectivity index (χ1n) is 12.7. The van der Waals surface area contributed by atoms with Crippen molar-refractivity contribution >= 4 is 5.97 Å². The Kier molecular flexibility index (Phi) is 22.8. The number of hydrogen-bond acceptors (Lipinski definition) is 2. The predicted octanol–water partition coefficient (Wildman–Crippen LogP) is 8.20. The van der Waals surface area contributed by atoms with Crippen LogP contribution >= 0.6 is 0 Å². The number of aliphatic carboxylic acids is 1. The van der Waals surface area contributed by atoms with Gasteiger partial charge in [-0.05, 0) is 32.1 Å². The highest BCUT2D eigenvalue weighted by atomic mass is 16.4. The van der Waals surface area contributed by atoms with Crippen LogP contribution in [0.3, 0.4) is 0 Å². The van der Waals surface area contributed by atoms with Crippen molar-refractivity contribution in [3.05, 3.63) is 12.2 Å². The normalized spacial score (nSPS) is 12.6. The van der Waals surface area contributed by atoms with Gasteiger partial charge < -0.3 is 10.2 Å². The molecule has 1 unspecified atom stereocenters. The second-order valence-electron chi connectivity index (χ2n) is 8.70. The molecular formula is C26H50O3. The Morgan fingerprint density at radius 3 is 1.34 bits per heavy atom. The fourth-order valence-electron chi connectivity index (χ4n) is 3.77. The first-order valence-corrected chi connectivity index (χ1v) is 12.7. The van der Waals surface area contributed by atoms with Crippen LogP contribution in [-0.2, 0) is 4.79 Å². The van der Waals surface area contributed by atoms with Crippen LogP contribution in [0, 0.1) is 0 Å². The van der Waals surface area contributed by atoms with E-state index < -0.39 is 12.1 Å². The lowest BCUT2D eigenvalue weighted by Gasteiger charge is -2.05. The monoisotopic (exact) mass is 410 g/mol. The molecule has 0 radical (unpaired) electrons. The second kappa shape index (κ2) is 23.4. The Bertz CT molecular complexity index is 365. The zero-order chi connectivity index (χ0) is 21.4. The topological polar surface area (TPSA) is 57.5 Å². The summed E-state index contributed by atoms with van der Waals surface area (Å²) in [6, 6.07) is 0. The standard InChI is InChI=1S/C26H50O3/c1-2-3-4-5-6-7-8-9-10-11-12-13-14-15-16-17-18-19-20-21-22-23-24-25(27)26(28)29/h9-10,25,27H,2-8,11-24H2,1H3,(H,28,29). The van der Waals surface area contributed by atoms with Gasteiger partial charge in [0.15, 0.2) is 6.10 Å². The lowest BCUT2D eigenvalue weighted by Crippen LogP contribution is -2.18. The third-order valence-corrected chi connectivity index (χ3v) is 5.77. The summed E-state index contributed by atoms with van der Waals surface area (Å²) in [5.41, 5.74) is 0. The Hall–Kier alpha value is -0.830. The van der Waals surface area contributed by atoms with Crippen LogP contribution in [0.25, 0.3) is 0 Å². The third-order valence-electron chi connectivity index (χ3n) is 5.77. The van der Waals surface area contributed by atoms with E-state index in [-0.39, 0.29) is 0 Å². The molecule has 0 aliphatic heterocycles. The van der Waals surface area contributed by atoms with E-state index in [2.05, 4.69) is 19.1 Å². The van der Waals surface area contributed by atoms with Gasteiger partial charge in [0.05, 0.1) is 0 Å². The van der Waals surface area contributed by atoms with Crippen LogP contribution in [0.2, 0.25) is 0 Å². The average Bonchev–Trinajstić information content (AvgIpc) is 2.71. The molecular weight excluding hydrogens is 360 g/mol. The molecule has 0 aromatic carbocycles. The number of carboxylic acids is 1. The highest BCUT2D eigenvalue weighted by Crippen LogP contribution is 2.14. The van der Waals surface area contributed by atoms with Crippen LogP contribution in [0.1, 0.15) is 142 Å². The summed E-state index contributed by atoms with van der Waals surface area (Å²) in [4.78, 5) is 10.5. The predicted molar refractivity (Wildman–Crippen MR) is 125 cm³/mol. The number of aliphatic hydroxyl groups excluding tert-OH is 1. The molecule has 0 saturated heterocycles. The lowest BCUT2D eigenvalue weighted by atomic mass is 10.0. The van der Waals surface area contributed by atoms with E-state index in [0.717, 1.165) is 12.8 Å². The molecule has 0 saturated carbocycles. The van der Waals surface area contributed by atoms with Crippen molar-refractivity contribution in [3.63, 3.8) is 0 Å². The summed E-state index contributed by atoms with van der Waals surface area (Å²) < 4.78 is 0. The zero-order valence-corrected chi connectivity index (χ0v) is 19.4. The third kappa shape index (κ3) is 23.3. The van der Waals surface area contributed by atoms with Crippen molar-refractivity contribution in [1.82, 2.24) is 0 Å². The number of hydrogen-bond donors (Lipinski definition) is 2. The number of carboxylic acid groups (broad SMARTS) is 1. The number of carbonyl (C=O) groups is 1. The van der Waals surface area contributed by atoms with Crippen molar-refractivity contribution in [2.45, 2.75) is 148 Å². The molecule has 29 heavy (non-hydrogen) atoms. The van der Waals surface area contributed by atoms with E-state index in [9.17, 15) is 9.90 Å². The maximum absolute atomic E-state index is 10.5. The molecule has 0 bridgehead atoms. The molecule has 0 heterocycles. The SMILES string of the molecule is CCCCCCCCC=CCCCCCCCCCCCCCCC(O)C(=O)O. The van der Waals surface area contributed by atoms with E-state index >= 15 is 0 Å². The maximum Gasteiger partial charge on any atom is 0.332 e. The second-order valence-corrected chi connectivity index (χ2v) is 8.70. The molecule has 0 fully saturated rings. The molecule has 0 aromatic heterocycles. The number of aliphatic hydroxyl groups is 1. The molecule has 0 rings (SSSR count). The average molecular weight is 411 g/mol. The van der Waals surface area contributed by atoms with Crippen LogP contribution in [0.15, 0.2) is 12.2 Å². The van der Waals surface area contributed by atoms with Gasteiger partial charge in [0.1, 0.15) is 0 Å². The van der Waals surface area contributed by atoms with Gasteiger partial charge in [-0.3, -0.25) is 0 Å². The summed E-state index contributed by atoms with van der Waals surface area (Å²) in [5, 5.41) is 17.8. The van der Waals surface area contributed by atoms with E-state index in [1.54, 1.807) is 0 Å². The maximum atomic E-state index is 10.5. The van der Waals surface area contributed by atoms with Gasteiger partial charge in [-0.1, -0.05) is 122 Å². The van der Waals surface area contributed by atoms with Crippen LogP contribution in [0.4, 0.5) is 0 Å². The smallest absolute Gasteiger partial charge is 0.332 e. The van der Waals surface area contributed by atoms with E-state index in [4.69, 9.17) is 5.11 Å². The van der Waals surface area contributed by atoms with Crippen LogP contribution < -0.4 is 0 Å². The first kappa shape index (κ1) is 28.2. The van der Waals surface area contributed by atoms with Crippen molar-refractivity contribution in [2.24, 2.45) is 0 Å². The summed E-state index contributed by atoms with van der Waals surface area (Å²) >= 11 is 0. The number of allylic oxidation sites excluding steroid dienone is 2. The highest BCUT2D eigenvalue weighted by Gasteiger charge is 2.11. The number of rotatable bonds is 23. The van der Waals surface area contributed by atoms with Crippen LogP contribution in [0.5, 0.6) is 0 Å². The number of unbranched alkanes of at least 4 members (excludes halogenated alkanes) is 18. The molecule has 0 spiro atoms. The van der Waals surface area contributed by atoms with Gasteiger partial charge in [-0.25, -0.2) is 4.79 Å². The van der Waals surface area contributed by atoms with E-state index in [1.807, 2.05) is 0 Å². The minimum Gasteiger partial charge on any atom is -0.479 e. The van der Waals surface area contributed by atoms with Gasteiger partial charge in [0.25, 0.3) is 0 Å². The van der Waals surface area contributed by atoms with Crippen molar-refractivity contribution < 1.29 is 15.0 Å². The molecule has 0 amide bonds.